The van der Waals surface area contributed by atoms with E-state index >= 15 is 0 Å². The topological polar surface area (TPSA) is 30.5 Å². The van der Waals surface area contributed by atoms with Crippen molar-refractivity contribution >= 4 is 11.6 Å². The summed E-state index contributed by atoms with van der Waals surface area (Å²) >= 11 is 6.18. The Bertz CT molecular complexity index is 444. The van der Waals surface area contributed by atoms with Crippen molar-refractivity contribution in [1.82, 2.24) is 5.32 Å². The van der Waals surface area contributed by atoms with Crippen molar-refractivity contribution in [3.63, 3.8) is 0 Å². The summed E-state index contributed by atoms with van der Waals surface area (Å²) < 4.78 is 11.5. The number of methoxy groups -OCH3 is 2. The van der Waals surface area contributed by atoms with E-state index in [2.05, 4.69) is 5.32 Å². The molecule has 112 valence electrons. The number of halogens is 1. The van der Waals surface area contributed by atoms with Crippen LogP contribution in [0.2, 0.25) is 5.02 Å². The molecule has 0 amide bonds. The molecular weight excluding hydrogens is 274 g/mol. The average molecular weight is 298 g/mol. The van der Waals surface area contributed by atoms with Crippen molar-refractivity contribution in [3.8, 4) is 5.75 Å². The van der Waals surface area contributed by atoms with E-state index in [1.54, 1.807) is 7.11 Å². The molecule has 0 saturated heterocycles. The van der Waals surface area contributed by atoms with E-state index in [9.17, 15) is 0 Å². The molecule has 0 spiro atoms. The van der Waals surface area contributed by atoms with E-state index in [0.29, 0.717) is 0 Å². The maximum Gasteiger partial charge on any atom is 0.123 e. The molecule has 1 fully saturated rings. The van der Waals surface area contributed by atoms with Crippen LogP contribution in [-0.2, 0) is 4.74 Å². The van der Waals surface area contributed by atoms with Crippen LogP contribution >= 0.6 is 11.6 Å². The van der Waals surface area contributed by atoms with Crippen LogP contribution in [0.25, 0.3) is 0 Å². The van der Waals surface area contributed by atoms with Gasteiger partial charge in [0.2, 0.25) is 0 Å². The van der Waals surface area contributed by atoms with E-state index in [1.807, 2.05) is 32.4 Å². The predicted molar refractivity (Wildman–Crippen MR) is 82.6 cm³/mol. The van der Waals surface area contributed by atoms with Gasteiger partial charge < -0.3 is 14.8 Å². The van der Waals surface area contributed by atoms with Gasteiger partial charge in [0.05, 0.1) is 18.8 Å². The van der Waals surface area contributed by atoms with Crippen LogP contribution in [0.15, 0.2) is 18.2 Å². The summed E-state index contributed by atoms with van der Waals surface area (Å²) in [4.78, 5) is 0. The summed E-state index contributed by atoms with van der Waals surface area (Å²) in [6, 6.07) is 5.85. The standard InChI is InChI=1S/C16H24ClNO2/c1-18-15(16(20-3)9-5-4-6-10-16)13-11-12(17)7-8-14(13)19-2/h7-8,11,15,18H,4-6,9-10H2,1-3H3. The van der Waals surface area contributed by atoms with Crippen molar-refractivity contribution < 1.29 is 9.47 Å². The molecule has 1 unspecified atom stereocenters. The van der Waals surface area contributed by atoms with Crippen LogP contribution in [0.4, 0.5) is 0 Å². The maximum atomic E-state index is 6.18. The molecule has 1 saturated carbocycles. The Morgan fingerprint density at radius 2 is 1.90 bits per heavy atom. The Hall–Kier alpha value is -0.770. The molecule has 4 heteroatoms. The molecule has 1 N–H and O–H groups in total. The Balaban J connectivity index is 2.42. The summed E-state index contributed by atoms with van der Waals surface area (Å²) in [5.41, 5.74) is 0.900. The minimum absolute atomic E-state index is 0.0847. The molecule has 0 aromatic heterocycles. The van der Waals surface area contributed by atoms with Crippen molar-refractivity contribution in [2.75, 3.05) is 21.3 Å². The second-order valence-corrected chi connectivity index (χ2v) is 5.87. The molecule has 2 rings (SSSR count). The fourth-order valence-corrected chi connectivity index (χ4v) is 3.57. The summed E-state index contributed by atoms with van der Waals surface area (Å²) in [5, 5.41) is 4.14. The Labute approximate surface area is 126 Å². The minimum Gasteiger partial charge on any atom is -0.496 e. The number of benzene rings is 1. The van der Waals surface area contributed by atoms with Crippen molar-refractivity contribution in [2.45, 2.75) is 43.7 Å². The van der Waals surface area contributed by atoms with Gasteiger partial charge in [0.15, 0.2) is 0 Å². The summed E-state index contributed by atoms with van der Waals surface area (Å²) in [6.45, 7) is 0. The molecule has 0 radical (unpaired) electrons. The van der Waals surface area contributed by atoms with Crippen molar-refractivity contribution in [1.29, 1.82) is 0 Å². The van der Waals surface area contributed by atoms with Crippen LogP contribution in [0.1, 0.15) is 43.7 Å². The number of nitrogens with one attached hydrogen (secondary N) is 1. The number of rotatable bonds is 5. The third kappa shape index (κ3) is 2.95. The zero-order valence-electron chi connectivity index (χ0n) is 12.5. The lowest BCUT2D eigenvalue weighted by Gasteiger charge is -2.43. The monoisotopic (exact) mass is 297 g/mol. The number of ether oxygens (including phenoxy) is 2. The molecule has 1 atom stereocenters. The summed E-state index contributed by atoms with van der Waals surface area (Å²) in [5.74, 6) is 0.857. The first-order valence-corrected chi connectivity index (χ1v) is 7.60. The van der Waals surface area contributed by atoms with Gasteiger partial charge in [-0.05, 0) is 38.1 Å². The third-order valence-corrected chi connectivity index (χ3v) is 4.66. The molecule has 1 aliphatic carbocycles. The first-order chi connectivity index (χ1) is 9.66. The van der Waals surface area contributed by atoms with E-state index in [-0.39, 0.29) is 11.6 Å². The molecule has 1 aliphatic rings. The van der Waals surface area contributed by atoms with Gasteiger partial charge in [0.25, 0.3) is 0 Å². The van der Waals surface area contributed by atoms with Gasteiger partial charge in [-0.2, -0.15) is 0 Å². The van der Waals surface area contributed by atoms with Crippen molar-refractivity contribution in [3.05, 3.63) is 28.8 Å². The van der Waals surface area contributed by atoms with Gasteiger partial charge in [-0.1, -0.05) is 30.9 Å². The SMILES string of the molecule is CNC(c1cc(Cl)ccc1OC)C1(OC)CCCCC1. The van der Waals surface area contributed by atoms with Crippen LogP contribution in [0.3, 0.4) is 0 Å². The highest BCUT2D eigenvalue weighted by Gasteiger charge is 2.41. The number of likely N-dealkylation sites (N-methyl/N-ethyl adjacent to an activating group) is 1. The maximum absolute atomic E-state index is 6.18. The van der Waals surface area contributed by atoms with Crippen LogP contribution in [0, 0.1) is 0 Å². The highest BCUT2D eigenvalue weighted by Crippen LogP contribution is 2.43. The smallest absolute Gasteiger partial charge is 0.123 e. The minimum atomic E-state index is -0.176. The van der Waals surface area contributed by atoms with E-state index in [1.165, 1.54) is 19.3 Å². The third-order valence-electron chi connectivity index (χ3n) is 4.42. The lowest BCUT2D eigenvalue weighted by atomic mass is 9.76. The molecular formula is C16H24ClNO2. The largest absolute Gasteiger partial charge is 0.496 e. The van der Waals surface area contributed by atoms with Crippen LogP contribution < -0.4 is 10.1 Å². The Kier molecular flexibility index (Phi) is 5.30. The second kappa shape index (κ2) is 6.79. The highest BCUT2D eigenvalue weighted by atomic mass is 35.5. The normalized spacial score (nSPS) is 19.6. The van der Waals surface area contributed by atoms with Gasteiger partial charge in [-0.3, -0.25) is 0 Å². The Morgan fingerprint density at radius 3 is 2.45 bits per heavy atom. The second-order valence-electron chi connectivity index (χ2n) is 5.44. The van der Waals surface area contributed by atoms with E-state index < -0.39 is 0 Å². The first-order valence-electron chi connectivity index (χ1n) is 7.22. The van der Waals surface area contributed by atoms with Crippen LogP contribution in [-0.4, -0.2) is 26.9 Å². The predicted octanol–water partition coefficient (Wildman–Crippen LogP) is 3.96. The van der Waals surface area contributed by atoms with Crippen LogP contribution in [0.5, 0.6) is 5.75 Å². The van der Waals surface area contributed by atoms with Gasteiger partial charge in [-0.25, -0.2) is 0 Å². The number of hydrogen-bond acceptors (Lipinski definition) is 3. The fourth-order valence-electron chi connectivity index (χ4n) is 3.39. The van der Waals surface area contributed by atoms with Gasteiger partial charge in [0, 0.05) is 17.7 Å². The highest BCUT2D eigenvalue weighted by molar-refractivity contribution is 6.30. The summed E-state index contributed by atoms with van der Waals surface area (Å²) in [6.07, 6.45) is 5.81. The molecule has 0 heterocycles. The molecule has 1 aromatic carbocycles. The van der Waals surface area contributed by atoms with E-state index in [4.69, 9.17) is 21.1 Å². The van der Waals surface area contributed by atoms with Gasteiger partial charge in [-0.15, -0.1) is 0 Å². The van der Waals surface area contributed by atoms with Gasteiger partial charge in [0.1, 0.15) is 5.75 Å². The lowest BCUT2D eigenvalue weighted by Crippen LogP contribution is -2.46. The zero-order chi connectivity index (χ0) is 14.6. The summed E-state index contributed by atoms with van der Waals surface area (Å²) in [7, 11) is 5.48. The molecule has 0 aliphatic heterocycles. The first kappa shape index (κ1) is 15.6. The molecule has 3 nitrogen and oxygen atoms in total. The average Bonchev–Trinajstić information content (AvgIpc) is 2.49. The Morgan fingerprint density at radius 1 is 1.20 bits per heavy atom. The molecule has 20 heavy (non-hydrogen) atoms. The molecule has 0 bridgehead atoms. The molecule has 1 aromatic rings. The quantitative estimate of drug-likeness (QED) is 0.892. The lowest BCUT2D eigenvalue weighted by molar-refractivity contribution is -0.0675. The van der Waals surface area contributed by atoms with Crippen molar-refractivity contribution in [2.24, 2.45) is 0 Å². The number of hydrogen-bond donors (Lipinski definition) is 1. The fraction of sp³-hybridized carbons (Fsp3) is 0.625. The zero-order valence-corrected chi connectivity index (χ0v) is 13.3. The van der Waals surface area contributed by atoms with Gasteiger partial charge >= 0.3 is 0 Å². The van der Waals surface area contributed by atoms with E-state index in [0.717, 1.165) is 29.2 Å².